The molecule has 0 aliphatic rings. The molecule has 0 saturated carbocycles. The Morgan fingerprint density at radius 2 is 1.48 bits per heavy atom. The molecular weight excluding hydrogens is 258 g/mol. The summed E-state index contributed by atoms with van der Waals surface area (Å²) >= 11 is 0. The second-order valence-corrected chi connectivity index (χ2v) is 5.71. The summed E-state index contributed by atoms with van der Waals surface area (Å²) in [6.45, 7) is 4.45. The molecule has 2 aromatic carbocycles. The van der Waals surface area contributed by atoms with Gasteiger partial charge >= 0.3 is 0 Å². The molecule has 0 fully saturated rings. The maximum Gasteiger partial charge on any atom is 0.118 e. The van der Waals surface area contributed by atoms with Crippen LogP contribution in [-0.4, -0.2) is 14.2 Å². The molecule has 0 aliphatic carbocycles. The van der Waals surface area contributed by atoms with Gasteiger partial charge in [-0.25, -0.2) is 0 Å². The highest BCUT2D eigenvalue weighted by molar-refractivity contribution is 5.31. The summed E-state index contributed by atoms with van der Waals surface area (Å²) in [6.07, 6.45) is 0.974. The molecule has 0 heterocycles. The molecule has 0 amide bonds. The van der Waals surface area contributed by atoms with E-state index in [0.717, 1.165) is 12.2 Å². The van der Waals surface area contributed by atoms with E-state index in [-0.39, 0.29) is 0 Å². The van der Waals surface area contributed by atoms with E-state index in [0.29, 0.717) is 12.0 Å². The van der Waals surface area contributed by atoms with Gasteiger partial charge in [-0.2, -0.15) is 0 Å². The lowest BCUT2D eigenvalue weighted by molar-refractivity contribution is 0.414. The van der Waals surface area contributed by atoms with Gasteiger partial charge in [-0.05, 0) is 48.2 Å². The SMILES string of the molecule is CNC(Cc1ccc(OC)cc1)c1ccc(C(C)C)cc1. The van der Waals surface area contributed by atoms with Crippen molar-refractivity contribution in [3.63, 3.8) is 0 Å². The number of hydrogen-bond donors (Lipinski definition) is 1. The number of hydrogen-bond acceptors (Lipinski definition) is 2. The van der Waals surface area contributed by atoms with Gasteiger partial charge in [0.05, 0.1) is 7.11 Å². The van der Waals surface area contributed by atoms with Crippen LogP contribution < -0.4 is 10.1 Å². The lowest BCUT2D eigenvalue weighted by Crippen LogP contribution is -2.18. The van der Waals surface area contributed by atoms with Gasteiger partial charge in [0.1, 0.15) is 5.75 Å². The highest BCUT2D eigenvalue weighted by atomic mass is 16.5. The summed E-state index contributed by atoms with van der Waals surface area (Å²) in [5.74, 6) is 1.48. The zero-order valence-corrected chi connectivity index (χ0v) is 13.4. The molecule has 2 nitrogen and oxygen atoms in total. The van der Waals surface area contributed by atoms with Gasteiger partial charge < -0.3 is 10.1 Å². The molecule has 2 heteroatoms. The Hall–Kier alpha value is -1.80. The first-order valence-corrected chi connectivity index (χ1v) is 7.54. The zero-order chi connectivity index (χ0) is 15.2. The van der Waals surface area contributed by atoms with Crippen molar-refractivity contribution in [2.75, 3.05) is 14.2 Å². The minimum Gasteiger partial charge on any atom is -0.497 e. The Labute approximate surface area is 128 Å². The van der Waals surface area contributed by atoms with Crippen molar-refractivity contribution in [2.24, 2.45) is 0 Å². The molecule has 2 rings (SSSR count). The Morgan fingerprint density at radius 3 is 1.95 bits per heavy atom. The number of benzene rings is 2. The Kier molecular flexibility index (Phi) is 5.40. The Bertz CT molecular complexity index is 543. The van der Waals surface area contributed by atoms with E-state index in [9.17, 15) is 0 Å². The molecule has 0 radical (unpaired) electrons. The zero-order valence-electron chi connectivity index (χ0n) is 13.4. The number of nitrogens with one attached hydrogen (secondary N) is 1. The van der Waals surface area contributed by atoms with Gasteiger partial charge in [-0.1, -0.05) is 50.2 Å². The quantitative estimate of drug-likeness (QED) is 0.852. The highest BCUT2D eigenvalue weighted by Gasteiger charge is 2.10. The third kappa shape index (κ3) is 4.08. The summed E-state index contributed by atoms with van der Waals surface area (Å²) in [5, 5.41) is 3.41. The predicted molar refractivity (Wildman–Crippen MR) is 89.0 cm³/mol. The summed E-state index contributed by atoms with van der Waals surface area (Å²) in [7, 11) is 3.71. The van der Waals surface area contributed by atoms with Gasteiger partial charge in [0.2, 0.25) is 0 Å². The molecule has 21 heavy (non-hydrogen) atoms. The van der Waals surface area contributed by atoms with Crippen LogP contribution in [0.15, 0.2) is 48.5 Å². The summed E-state index contributed by atoms with van der Waals surface area (Å²) in [6, 6.07) is 17.6. The molecule has 1 N–H and O–H groups in total. The lowest BCUT2D eigenvalue weighted by Gasteiger charge is -2.18. The summed E-state index contributed by atoms with van der Waals surface area (Å²) in [4.78, 5) is 0. The minimum atomic E-state index is 0.333. The van der Waals surface area contributed by atoms with E-state index in [1.54, 1.807) is 7.11 Å². The van der Waals surface area contributed by atoms with E-state index in [4.69, 9.17) is 4.74 Å². The van der Waals surface area contributed by atoms with Crippen LogP contribution in [0.2, 0.25) is 0 Å². The van der Waals surface area contributed by atoms with E-state index in [1.165, 1.54) is 16.7 Å². The second-order valence-electron chi connectivity index (χ2n) is 5.71. The number of methoxy groups -OCH3 is 1. The van der Waals surface area contributed by atoms with Gasteiger partial charge in [-0.15, -0.1) is 0 Å². The van der Waals surface area contributed by atoms with E-state index < -0.39 is 0 Å². The molecule has 0 bridgehead atoms. The fourth-order valence-corrected chi connectivity index (χ4v) is 2.50. The van der Waals surface area contributed by atoms with Crippen molar-refractivity contribution in [3.05, 3.63) is 65.2 Å². The fourth-order valence-electron chi connectivity index (χ4n) is 2.50. The molecule has 1 atom stereocenters. The van der Waals surface area contributed by atoms with Crippen LogP contribution in [0.5, 0.6) is 5.75 Å². The second kappa shape index (κ2) is 7.28. The molecule has 1 unspecified atom stereocenters. The topological polar surface area (TPSA) is 21.3 Å². The van der Waals surface area contributed by atoms with Crippen molar-refractivity contribution in [2.45, 2.75) is 32.2 Å². The number of rotatable bonds is 6. The first-order chi connectivity index (χ1) is 10.1. The largest absolute Gasteiger partial charge is 0.497 e. The molecule has 0 aromatic heterocycles. The van der Waals surface area contributed by atoms with Crippen LogP contribution in [0.3, 0.4) is 0 Å². The van der Waals surface area contributed by atoms with Crippen LogP contribution in [0.25, 0.3) is 0 Å². The third-order valence-electron chi connectivity index (χ3n) is 3.95. The monoisotopic (exact) mass is 283 g/mol. The minimum absolute atomic E-state index is 0.333. The van der Waals surface area contributed by atoms with E-state index >= 15 is 0 Å². The smallest absolute Gasteiger partial charge is 0.118 e. The summed E-state index contributed by atoms with van der Waals surface area (Å²) in [5.41, 5.74) is 4.03. The van der Waals surface area contributed by atoms with E-state index in [1.807, 2.05) is 19.2 Å². The van der Waals surface area contributed by atoms with Crippen LogP contribution in [0.4, 0.5) is 0 Å². The molecule has 0 saturated heterocycles. The normalized spacial score (nSPS) is 12.4. The first-order valence-electron chi connectivity index (χ1n) is 7.54. The molecule has 112 valence electrons. The van der Waals surface area contributed by atoms with Crippen LogP contribution in [0, 0.1) is 0 Å². The van der Waals surface area contributed by atoms with Crippen LogP contribution in [-0.2, 0) is 6.42 Å². The van der Waals surface area contributed by atoms with Crippen molar-refractivity contribution in [1.29, 1.82) is 0 Å². The third-order valence-corrected chi connectivity index (χ3v) is 3.95. The van der Waals surface area contributed by atoms with Crippen molar-refractivity contribution < 1.29 is 4.74 Å². The van der Waals surface area contributed by atoms with Crippen molar-refractivity contribution >= 4 is 0 Å². The van der Waals surface area contributed by atoms with Crippen molar-refractivity contribution in [1.82, 2.24) is 5.32 Å². The van der Waals surface area contributed by atoms with Gasteiger partial charge in [-0.3, -0.25) is 0 Å². The maximum atomic E-state index is 5.21. The average molecular weight is 283 g/mol. The predicted octanol–water partition coefficient (Wildman–Crippen LogP) is 4.32. The van der Waals surface area contributed by atoms with Crippen molar-refractivity contribution in [3.8, 4) is 5.75 Å². The Balaban J connectivity index is 2.11. The summed E-state index contributed by atoms with van der Waals surface area (Å²) < 4.78 is 5.21. The maximum absolute atomic E-state index is 5.21. The van der Waals surface area contributed by atoms with Crippen LogP contribution >= 0.6 is 0 Å². The number of ether oxygens (including phenoxy) is 1. The lowest BCUT2D eigenvalue weighted by atomic mass is 9.95. The average Bonchev–Trinajstić information content (AvgIpc) is 2.53. The fraction of sp³-hybridized carbons (Fsp3) is 0.368. The van der Waals surface area contributed by atoms with Gasteiger partial charge in [0, 0.05) is 6.04 Å². The van der Waals surface area contributed by atoms with E-state index in [2.05, 4.69) is 55.6 Å². The standard InChI is InChI=1S/C19H25NO/c1-14(2)16-7-9-17(10-8-16)19(20-3)13-15-5-11-18(21-4)12-6-15/h5-12,14,19-20H,13H2,1-4H3. The molecule has 0 spiro atoms. The Morgan fingerprint density at radius 1 is 0.905 bits per heavy atom. The van der Waals surface area contributed by atoms with Gasteiger partial charge in [0.25, 0.3) is 0 Å². The molecule has 2 aromatic rings. The van der Waals surface area contributed by atoms with Crippen LogP contribution in [0.1, 0.15) is 42.5 Å². The first kappa shape index (κ1) is 15.6. The van der Waals surface area contributed by atoms with Gasteiger partial charge in [0.15, 0.2) is 0 Å². The molecular formula is C19H25NO. The highest BCUT2D eigenvalue weighted by Crippen LogP contribution is 2.22. The molecule has 0 aliphatic heterocycles. The number of likely N-dealkylation sites (N-methyl/N-ethyl adjacent to an activating group) is 1.